The van der Waals surface area contributed by atoms with Crippen LogP contribution in [0.25, 0.3) is 5.57 Å². The fourth-order valence-electron chi connectivity index (χ4n) is 1.35. The van der Waals surface area contributed by atoms with Crippen LogP contribution in [0.5, 0.6) is 0 Å². The van der Waals surface area contributed by atoms with Crippen molar-refractivity contribution in [1.29, 1.82) is 0 Å². The molecule has 0 saturated heterocycles. The summed E-state index contributed by atoms with van der Waals surface area (Å²) >= 11 is 0. The summed E-state index contributed by atoms with van der Waals surface area (Å²) < 4.78 is 4.93. The molecule has 0 aliphatic carbocycles. The van der Waals surface area contributed by atoms with Crippen LogP contribution in [0.4, 0.5) is 0 Å². The van der Waals surface area contributed by atoms with Crippen LogP contribution in [0.2, 0.25) is 0 Å². The van der Waals surface area contributed by atoms with Crippen molar-refractivity contribution < 1.29 is 9.21 Å². The molecule has 1 aromatic rings. The van der Waals surface area contributed by atoms with Crippen molar-refractivity contribution in [2.75, 3.05) is 0 Å². The van der Waals surface area contributed by atoms with E-state index in [1.165, 1.54) is 12.5 Å². The standard InChI is InChI=1S/C8H3N3O2/c12-8-6-3-13-2-5(6)4-1-9-11-7(4)10-8/h1-3H. The van der Waals surface area contributed by atoms with Gasteiger partial charge in [-0.15, -0.1) is 5.11 Å². The fourth-order valence-corrected chi connectivity index (χ4v) is 1.35. The third-order valence-corrected chi connectivity index (χ3v) is 1.97. The Morgan fingerprint density at radius 1 is 1.23 bits per heavy atom. The maximum atomic E-state index is 11.3. The molecule has 0 radical (unpaired) electrons. The van der Waals surface area contributed by atoms with Crippen molar-refractivity contribution in [1.82, 2.24) is 0 Å². The van der Waals surface area contributed by atoms with Crippen LogP contribution in [0, 0.1) is 0 Å². The zero-order valence-electron chi connectivity index (χ0n) is 6.39. The number of aliphatic imine (C=N–C) groups is 1. The number of azo groups is 1. The molecule has 0 atom stereocenters. The van der Waals surface area contributed by atoms with Gasteiger partial charge in [0.1, 0.15) is 6.26 Å². The highest BCUT2D eigenvalue weighted by molar-refractivity contribution is 6.31. The predicted octanol–water partition coefficient (Wildman–Crippen LogP) is 1.64. The molecule has 1 amide bonds. The summed E-state index contributed by atoms with van der Waals surface area (Å²) in [5, 5.41) is 7.39. The first-order chi connectivity index (χ1) is 6.36. The van der Waals surface area contributed by atoms with Crippen LogP contribution in [0.15, 0.2) is 38.4 Å². The minimum Gasteiger partial charge on any atom is -0.471 e. The molecule has 3 rings (SSSR count). The van der Waals surface area contributed by atoms with Crippen molar-refractivity contribution in [3.8, 4) is 0 Å². The highest BCUT2D eigenvalue weighted by Crippen LogP contribution is 2.30. The van der Waals surface area contributed by atoms with Gasteiger partial charge in [-0.1, -0.05) is 0 Å². The summed E-state index contributed by atoms with van der Waals surface area (Å²) in [6.45, 7) is 0. The van der Waals surface area contributed by atoms with E-state index >= 15 is 0 Å². The average molecular weight is 173 g/mol. The van der Waals surface area contributed by atoms with Crippen LogP contribution in [0.1, 0.15) is 15.9 Å². The lowest BCUT2D eigenvalue weighted by Gasteiger charge is -2.05. The second-order valence-corrected chi connectivity index (χ2v) is 2.70. The lowest BCUT2D eigenvalue weighted by Crippen LogP contribution is -2.09. The highest BCUT2D eigenvalue weighted by Gasteiger charge is 2.27. The maximum absolute atomic E-state index is 11.3. The summed E-state index contributed by atoms with van der Waals surface area (Å²) in [5.41, 5.74) is 1.95. The summed E-state index contributed by atoms with van der Waals surface area (Å²) in [7, 11) is 0. The molecule has 5 heteroatoms. The van der Waals surface area contributed by atoms with E-state index in [1.807, 2.05) is 0 Å². The Balaban J connectivity index is 2.33. The molecular formula is C8H3N3O2. The van der Waals surface area contributed by atoms with E-state index < -0.39 is 0 Å². The molecule has 2 aliphatic rings. The molecule has 0 saturated carbocycles. The molecule has 5 nitrogen and oxygen atoms in total. The molecule has 0 spiro atoms. The van der Waals surface area contributed by atoms with E-state index in [0.29, 0.717) is 11.4 Å². The molecule has 3 heterocycles. The number of amidine groups is 1. The molecule has 0 fully saturated rings. The monoisotopic (exact) mass is 173 g/mol. The minimum absolute atomic E-state index is 0.322. The van der Waals surface area contributed by atoms with Gasteiger partial charge in [0.15, 0.2) is 5.84 Å². The lowest BCUT2D eigenvalue weighted by atomic mass is 10.0. The largest absolute Gasteiger partial charge is 0.471 e. The van der Waals surface area contributed by atoms with Crippen molar-refractivity contribution in [2.45, 2.75) is 0 Å². The SMILES string of the molecule is O=C1N=C2N=NC=C2c2cocc21. The summed E-state index contributed by atoms with van der Waals surface area (Å²) in [5.74, 6) is 0.0515. The predicted molar refractivity (Wildman–Crippen MR) is 43.3 cm³/mol. The number of rotatable bonds is 0. The van der Waals surface area contributed by atoms with Crippen molar-refractivity contribution >= 4 is 17.3 Å². The number of hydrogen-bond donors (Lipinski definition) is 0. The van der Waals surface area contributed by atoms with Gasteiger partial charge in [-0.25, -0.2) is 0 Å². The molecule has 0 N–H and O–H groups in total. The fraction of sp³-hybridized carbons (Fsp3) is 0. The van der Waals surface area contributed by atoms with E-state index in [0.717, 1.165) is 11.1 Å². The minimum atomic E-state index is -0.322. The number of amides is 1. The van der Waals surface area contributed by atoms with Crippen molar-refractivity contribution in [3.05, 3.63) is 29.9 Å². The molecule has 2 aliphatic heterocycles. The van der Waals surface area contributed by atoms with Gasteiger partial charge in [0.2, 0.25) is 0 Å². The zero-order chi connectivity index (χ0) is 8.84. The van der Waals surface area contributed by atoms with Crippen molar-refractivity contribution in [2.24, 2.45) is 15.2 Å². The first kappa shape index (κ1) is 6.47. The molecule has 0 unspecified atom stereocenters. The summed E-state index contributed by atoms with van der Waals surface area (Å²) in [6, 6.07) is 0. The third-order valence-electron chi connectivity index (χ3n) is 1.97. The van der Waals surface area contributed by atoms with Gasteiger partial charge >= 0.3 is 0 Å². The van der Waals surface area contributed by atoms with E-state index in [4.69, 9.17) is 4.42 Å². The zero-order valence-corrected chi connectivity index (χ0v) is 6.39. The van der Waals surface area contributed by atoms with Gasteiger partial charge < -0.3 is 4.42 Å². The number of nitrogens with zero attached hydrogens (tertiary/aromatic N) is 3. The quantitative estimate of drug-likeness (QED) is 0.598. The number of carbonyl (C=O) groups excluding carboxylic acids is 1. The van der Waals surface area contributed by atoms with Crippen molar-refractivity contribution in [3.63, 3.8) is 0 Å². The first-order valence-corrected chi connectivity index (χ1v) is 3.67. The van der Waals surface area contributed by atoms with Crippen LogP contribution in [0.3, 0.4) is 0 Å². The van der Waals surface area contributed by atoms with Gasteiger partial charge in [-0.05, 0) is 0 Å². The Morgan fingerprint density at radius 2 is 2.08 bits per heavy atom. The van der Waals surface area contributed by atoms with E-state index in [1.54, 1.807) is 6.20 Å². The van der Waals surface area contributed by atoms with Gasteiger partial charge in [0.25, 0.3) is 5.91 Å². The topological polar surface area (TPSA) is 67.3 Å². The second-order valence-electron chi connectivity index (χ2n) is 2.70. The Hall–Kier alpha value is -2.04. The van der Waals surface area contributed by atoms with Crippen LogP contribution < -0.4 is 0 Å². The molecule has 0 aromatic carbocycles. The highest BCUT2D eigenvalue weighted by atomic mass is 16.3. The van der Waals surface area contributed by atoms with Crippen LogP contribution in [-0.4, -0.2) is 11.7 Å². The molecule has 1 aromatic heterocycles. The Morgan fingerprint density at radius 3 is 3.00 bits per heavy atom. The van der Waals surface area contributed by atoms with Crippen LogP contribution >= 0.6 is 0 Å². The number of fused-ring (bicyclic) bond motifs is 3. The second kappa shape index (κ2) is 2.01. The lowest BCUT2D eigenvalue weighted by molar-refractivity contribution is 0.100. The normalized spacial score (nSPS) is 18.0. The smallest absolute Gasteiger partial charge is 0.282 e. The Bertz CT molecular complexity index is 493. The molecular weight excluding hydrogens is 170 g/mol. The molecule has 62 valence electrons. The van der Waals surface area contributed by atoms with E-state index in [-0.39, 0.29) is 5.91 Å². The molecule has 0 bridgehead atoms. The average Bonchev–Trinajstić information content (AvgIpc) is 2.66. The summed E-state index contributed by atoms with van der Waals surface area (Å²) in [6.07, 6.45) is 4.46. The Kier molecular flexibility index (Phi) is 0.999. The maximum Gasteiger partial charge on any atom is 0.282 e. The third kappa shape index (κ3) is 0.703. The number of hydrogen-bond acceptors (Lipinski definition) is 4. The number of furan rings is 1. The van der Waals surface area contributed by atoms with Gasteiger partial charge in [0.05, 0.1) is 23.6 Å². The summed E-state index contributed by atoms with van der Waals surface area (Å²) in [4.78, 5) is 15.1. The Labute approximate surface area is 72.5 Å². The number of carbonyl (C=O) groups is 1. The first-order valence-electron chi connectivity index (χ1n) is 3.67. The molecule has 13 heavy (non-hydrogen) atoms. The van der Waals surface area contributed by atoms with Crippen LogP contribution in [-0.2, 0) is 0 Å². The van der Waals surface area contributed by atoms with Gasteiger partial charge in [-0.2, -0.15) is 10.1 Å². The van der Waals surface area contributed by atoms with E-state index in [9.17, 15) is 4.79 Å². The van der Waals surface area contributed by atoms with Gasteiger partial charge in [0, 0.05) is 5.56 Å². The van der Waals surface area contributed by atoms with E-state index in [2.05, 4.69) is 15.2 Å². The van der Waals surface area contributed by atoms with Gasteiger partial charge in [-0.3, -0.25) is 4.79 Å².